The number of likely N-dealkylation sites (tertiary alicyclic amines) is 1. The first-order valence-electron chi connectivity index (χ1n) is 8.19. The van der Waals surface area contributed by atoms with Crippen LogP contribution in [-0.4, -0.2) is 29.2 Å². The monoisotopic (exact) mass is 385 g/mol. The third kappa shape index (κ3) is 3.51. The van der Waals surface area contributed by atoms with Gasteiger partial charge in [0.2, 0.25) is 17.7 Å². The van der Waals surface area contributed by atoms with E-state index < -0.39 is 46.7 Å². The average Bonchev–Trinajstić information content (AvgIpc) is 2.89. The molecule has 1 heterocycles. The molecule has 0 bridgehead atoms. The topological polar surface area (TPSA) is 78.5 Å². The Labute approximate surface area is 151 Å². The van der Waals surface area contributed by atoms with E-state index in [1.54, 1.807) is 5.43 Å². The lowest BCUT2D eigenvalue weighted by Crippen LogP contribution is -2.37. The van der Waals surface area contributed by atoms with Gasteiger partial charge in [0.05, 0.1) is 11.8 Å². The third-order valence-electron chi connectivity index (χ3n) is 4.60. The molecule has 1 aliphatic heterocycles. The standard InChI is InChI=1S/C17H15F4N3O3/c18-10-7-11(19)14(21)15(13(10)20)23-22-12(25)5-6-24-16(26)8-3-1-2-4-9(8)17(24)27/h1-2,7-9,23H,3-6H2,(H,22,25)/t8-,9+. The number of nitrogens with one attached hydrogen (secondary N) is 2. The zero-order valence-electron chi connectivity index (χ0n) is 13.9. The lowest BCUT2D eigenvalue weighted by atomic mass is 9.85. The van der Waals surface area contributed by atoms with Crippen LogP contribution in [-0.2, 0) is 14.4 Å². The predicted octanol–water partition coefficient (Wildman–Crippen LogP) is 2.03. The predicted molar refractivity (Wildman–Crippen MR) is 84.7 cm³/mol. The van der Waals surface area contributed by atoms with E-state index in [-0.39, 0.29) is 30.8 Å². The summed E-state index contributed by atoms with van der Waals surface area (Å²) < 4.78 is 53.2. The van der Waals surface area contributed by atoms with Gasteiger partial charge in [0, 0.05) is 19.0 Å². The number of hydrogen-bond donors (Lipinski definition) is 2. The molecule has 2 atom stereocenters. The van der Waals surface area contributed by atoms with Crippen LogP contribution in [0.4, 0.5) is 23.2 Å². The summed E-state index contributed by atoms with van der Waals surface area (Å²) in [5, 5.41) is 0. The van der Waals surface area contributed by atoms with Crippen molar-refractivity contribution in [1.82, 2.24) is 10.3 Å². The van der Waals surface area contributed by atoms with E-state index in [0.29, 0.717) is 12.8 Å². The molecule has 2 aliphatic rings. The number of rotatable bonds is 5. The second-order valence-corrected chi connectivity index (χ2v) is 6.25. The van der Waals surface area contributed by atoms with Gasteiger partial charge in [-0.15, -0.1) is 0 Å². The Morgan fingerprint density at radius 3 is 2.04 bits per heavy atom. The zero-order chi connectivity index (χ0) is 19.7. The molecule has 6 nitrogen and oxygen atoms in total. The number of fused-ring (bicyclic) bond motifs is 1. The lowest BCUT2D eigenvalue weighted by Gasteiger charge is -2.15. The molecule has 0 radical (unpaired) electrons. The maximum Gasteiger partial charge on any atom is 0.240 e. The smallest absolute Gasteiger partial charge is 0.240 e. The molecule has 1 fully saturated rings. The van der Waals surface area contributed by atoms with E-state index in [9.17, 15) is 31.9 Å². The molecule has 1 saturated heterocycles. The highest BCUT2D eigenvalue weighted by Gasteiger charge is 2.46. The van der Waals surface area contributed by atoms with E-state index in [0.717, 1.165) is 4.90 Å². The fraction of sp³-hybridized carbons (Fsp3) is 0.353. The van der Waals surface area contributed by atoms with Gasteiger partial charge in [0.15, 0.2) is 23.3 Å². The molecule has 1 aliphatic carbocycles. The van der Waals surface area contributed by atoms with E-state index in [4.69, 9.17) is 0 Å². The van der Waals surface area contributed by atoms with Crippen molar-refractivity contribution in [3.8, 4) is 0 Å². The van der Waals surface area contributed by atoms with Crippen molar-refractivity contribution in [2.24, 2.45) is 11.8 Å². The fourth-order valence-electron chi connectivity index (χ4n) is 3.18. The van der Waals surface area contributed by atoms with Gasteiger partial charge in [0.25, 0.3) is 0 Å². The van der Waals surface area contributed by atoms with E-state index in [2.05, 4.69) is 0 Å². The maximum absolute atomic E-state index is 13.5. The van der Waals surface area contributed by atoms with E-state index in [1.165, 1.54) is 0 Å². The van der Waals surface area contributed by atoms with Gasteiger partial charge in [-0.2, -0.15) is 0 Å². The number of hydrazine groups is 1. The highest BCUT2D eigenvalue weighted by Crippen LogP contribution is 2.35. The molecule has 27 heavy (non-hydrogen) atoms. The number of hydrogen-bond acceptors (Lipinski definition) is 4. The van der Waals surface area contributed by atoms with Gasteiger partial charge in [-0.25, -0.2) is 17.6 Å². The molecular formula is C17H15F4N3O3. The van der Waals surface area contributed by atoms with Crippen LogP contribution < -0.4 is 10.9 Å². The normalized spacial score (nSPS) is 21.4. The molecule has 0 aromatic heterocycles. The van der Waals surface area contributed by atoms with Gasteiger partial charge >= 0.3 is 0 Å². The Hall–Kier alpha value is -2.91. The molecule has 10 heteroatoms. The van der Waals surface area contributed by atoms with E-state index in [1.807, 2.05) is 17.6 Å². The SMILES string of the molecule is O=C(CCN1C(=O)[C@H]2CC=CC[C@H]2C1=O)NNc1c(F)c(F)cc(F)c1F. The minimum atomic E-state index is -1.70. The summed E-state index contributed by atoms with van der Waals surface area (Å²) in [4.78, 5) is 37.3. The zero-order valence-corrected chi connectivity index (χ0v) is 13.9. The second kappa shape index (κ2) is 7.37. The number of carbonyl (C=O) groups excluding carboxylic acids is 3. The number of nitrogens with zero attached hydrogens (tertiary/aromatic N) is 1. The Balaban J connectivity index is 1.57. The Kier molecular flexibility index (Phi) is 5.15. The summed E-state index contributed by atoms with van der Waals surface area (Å²) in [6.07, 6.45) is 4.23. The van der Waals surface area contributed by atoms with Crippen LogP contribution in [0, 0.1) is 35.1 Å². The van der Waals surface area contributed by atoms with Crippen molar-refractivity contribution in [3.63, 3.8) is 0 Å². The van der Waals surface area contributed by atoms with Crippen molar-refractivity contribution < 1.29 is 31.9 Å². The number of allylic oxidation sites excluding steroid dienone is 2. The summed E-state index contributed by atoms with van der Waals surface area (Å²) in [6, 6.07) is 0.0383. The maximum atomic E-state index is 13.5. The molecule has 3 rings (SSSR count). The van der Waals surface area contributed by atoms with Gasteiger partial charge in [-0.05, 0) is 12.8 Å². The second-order valence-electron chi connectivity index (χ2n) is 6.25. The van der Waals surface area contributed by atoms with E-state index >= 15 is 0 Å². The summed E-state index contributed by atoms with van der Waals surface area (Å²) in [6.45, 7) is -0.208. The fourth-order valence-corrected chi connectivity index (χ4v) is 3.18. The minimum absolute atomic E-state index is 0.0383. The Morgan fingerprint density at radius 2 is 1.52 bits per heavy atom. The van der Waals surface area contributed by atoms with Crippen molar-refractivity contribution in [3.05, 3.63) is 41.5 Å². The molecule has 1 aromatic carbocycles. The summed E-state index contributed by atoms with van der Waals surface area (Å²) in [5.41, 5.74) is 2.48. The van der Waals surface area contributed by atoms with Crippen molar-refractivity contribution >= 4 is 23.4 Å². The van der Waals surface area contributed by atoms with Crippen LogP contribution >= 0.6 is 0 Å². The highest BCUT2D eigenvalue weighted by atomic mass is 19.2. The highest BCUT2D eigenvalue weighted by molar-refractivity contribution is 6.05. The number of anilines is 1. The van der Waals surface area contributed by atoms with Gasteiger partial charge in [0.1, 0.15) is 5.69 Å². The number of amides is 3. The van der Waals surface area contributed by atoms with Gasteiger partial charge < -0.3 is 0 Å². The third-order valence-corrected chi connectivity index (χ3v) is 4.60. The lowest BCUT2D eigenvalue weighted by molar-refractivity contribution is -0.140. The Morgan fingerprint density at radius 1 is 1.00 bits per heavy atom. The molecule has 0 unspecified atom stereocenters. The average molecular weight is 385 g/mol. The van der Waals surface area contributed by atoms with Crippen molar-refractivity contribution in [1.29, 1.82) is 0 Å². The quantitative estimate of drug-likeness (QED) is 0.267. The van der Waals surface area contributed by atoms with Gasteiger partial charge in [-0.3, -0.25) is 30.1 Å². The summed E-state index contributed by atoms with van der Waals surface area (Å²) in [7, 11) is 0. The van der Waals surface area contributed by atoms with Crippen LogP contribution in [0.1, 0.15) is 19.3 Å². The first kappa shape index (κ1) is 18.9. The molecule has 0 spiro atoms. The van der Waals surface area contributed by atoms with Crippen LogP contribution in [0.15, 0.2) is 18.2 Å². The summed E-state index contributed by atoms with van der Waals surface area (Å²) >= 11 is 0. The first-order valence-corrected chi connectivity index (χ1v) is 8.19. The summed E-state index contributed by atoms with van der Waals surface area (Å²) in [5.74, 6) is -9.06. The number of carbonyl (C=O) groups is 3. The Bertz CT molecular complexity index is 791. The minimum Gasteiger partial charge on any atom is -0.293 e. The molecular weight excluding hydrogens is 370 g/mol. The number of imide groups is 1. The number of benzene rings is 1. The van der Waals surface area contributed by atoms with Crippen LogP contribution in [0.3, 0.4) is 0 Å². The molecule has 1 aromatic rings. The van der Waals surface area contributed by atoms with Crippen LogP contribution in [0.5, 0.6) is 0 Å². The van der Waals surface area contributed by atoms with Crippen molar-refractivity contribution in [2.75, 3.05) is 12.0 Å². The van der Waals surface area contributed by atoms with Crippen LogP contribution in [0.2, 0.25) is 0 Å². The molecule has 0 saturated carbocycles. The first-order chi connectivity index (χ1) is 12.8. The largest absolute Gasteiger partial charge is 0.293 e. The van der Waals surface area contributed by atoms with Gasteiger partial charge in [-0.1, -0.05) is 12.2 Å². The number of halogens is 4. The molecule has 2 N–H and O–H groups in total. The molecule has 144 valence electrons. The van der Waals surface area contributed by atoms with Crippen molar-refractivity contribution in [2.45, 2.75) is 19.3 Å². The molecule has 3 amide bonds. The van der Waals surface area contributed by atoms with Crippen LogP contribution in [0.25, 0.3) is 0 Å².